The van der Waals surface area contributed by atoms with E-state index in [1.807, 2.05) is 6.92 Å². The summed E-state index contributed by atoms with van der Waals surface area (Å²) in [6.45, 7) is 4.18. The Morgan fingerprint density at radius 3 is 2.69 bits per heavy atom. The van der Waals surface area contributed by atoms with E-state index in [1.54, 1.807) is 46.7 Å². The highest BCUT2D eigenvalue weighted by Gasteiger charge is 2.37. The summed E-state index contributed by atoms with van der Waals surface area (Å²) in [5, 5.41) is 0.0650. The molecule has 7 nitrogen and oxygen atoms in total. The van der Waals surface area contributed by atoms with Crippen LogP contribution in [-0.2, 0) is 14.6 Å². The summed E-state index contributed by atoms with van der Waals surface area (Å²) >= 11 is 1.48. The number of aromatic nitrogens is 2. The first-order chi connectivity index (χ1) is 13.8. The molecule has 0 saturated carbocycles. The summed E-state index contributed by atoms with van der Waals surface area (Å²) in [6.07, 6.45) is 0.612. The van der Waals surface area contributed by atoms with Crippen molar-refractivity contribution in [1.29, 1.82) is 0 Å². The number of hydrogen-bond acceptors (Lipinski definition) is 6. The second-order valence-electron chi connectivity index (χ2n) is 7.56. The molecule has 2 atom stereocenters. The van der Waals surface area contributed by atoms with Gasteiger partial charge in [0.25, 0.3) is 5.56 Å². The Morgan fingerprint density at radius 1 is 1.24 bits per heavy atom. The molecule has 9 heteroatoms. The van der Waals surface area contributed by atoms with Crippen molar-refractivity contribution < 1.29 is 13.2 Å². The molecule has 2 aliphatic heterocycles. The topological polar surface area (TPSA) is 89.3 Å². The zero-order valence-electron chi connectivity index (χ0n) is 16.4. The average molecular weight is 434 g/mol. The van der Waals surface area contributed by atoms with E-state index < -0.39 is 15.1 Å². The largest absolute Gasteiger partial charge is 0.341 e. The fourth-order valence-corrected chi connectivity index (χ4v) is 6.76. The molecule has 1 aromatic heterocycles. The quantitative estimate of drug-likeness (QED) is 0.685. The van der Waals surface area contributed by atoms with Gasteiger partial charge in [-0.15, -0.1) is 0 Å². The van der Waals surface area contributed by atoms with Crippen molar-refractivity contribution in [2.45, 2.75) is 48.0 Å². The Morgan fingerprint density at radius 2 is 1.97 bits per heavy atom. The van der Waals surface area contributed by atoms with Crippen LogP contribution < -0.4 is 5.56 Å². The first-order valence-electron chi connectivity index (χ1n) is 9.58. The molecule has 3 heterocycles. The zero-order valence-corrected chi connectivity index (χ0v) is 18.0. The third-order valence-corrected chi connectivity index (χ3v) is 9.03. The van der Waals surface area contributed by atoms with Gasteiger partial charge in [0.05, 0.1) is 16.2 Å². The lowest BCUT2D eigenvalue weighted by molar-refractivity contribution is -0.130. The Balaban J connectivity index is 1.47. The van der Waals surface area contributed by atoms with Crippen LogP contribution in [0, 0.1) is 13.8 Å². The standard InChI is InChI=1S/C20H23N3O4S2/c1-13-14(2)21-20-23(19(13)25)15(12-28-20)10-18(24)22-9-8-17(11-22)29(26,27)16-6-4-3-5-7-16/h3-7,15,17H,8-12H2,1-2H3. The Kier molecular flexibility index (Phi) is 5.29. The number of nitrogens with zero attached hydrogens (tertiary/aromatic N) is 3. The van der Waals surface area contributed by atoms with E-state index in [0.717, 1.165) is 0 Å². The van der Waals surface area contributed by atoms with Crippen molar-refractivity contribution in [2.75, 3.05) is 18.8 Å². The number of carbonyl (C=O) groups excluding carboxylic acids is 1. The minimum atomic E-state index is -3.46. The summed E-state index contributed by atoms with van der Waals surface area (Å²) < 4.78 is 27.3. The van der Waals surface area contributed by atoms with E-state index in [-0.39, 0.29) is 30.5 Å². The lowest BCUT2D eigenvalue weighted by Crippen LogP contribution is -2.35. The SMILES string of the molecule is Cc1nc2n(c(=O)c1C)C(CC(=O)N1CCC(S(=O)(=O)c3ccccc3)C1)CS2. The van der Waals surface area contributed by atoms with Gasteiger partial charge in [0.15, 0.2) is 15.0 Å². The number of hydrogen-bond donors (Lipinski definition) is 0. The number of carbonyl (C=O) groups is 1. The molecule has 2 aromatic rings. The average Bonchev–Trinajstić information content (AvgIpc) is 3.35. The lowest BCUT2D eigenvalue weighted by Gasteiger charge is -2.20. The fraction of sp³-hybridized carbons (Fsp3) is 0.450. The molecule has 4 rings (SSSR count). The number of aryl methyl sites for hydroxylation is 1. The van der Waals surface area contributed by atoms with Crippen LogP contribution in [0.25, 0.3) is 0 Å². The number of benzene rings is 1. The number of rotatable bonds is 4. The summed E-state index contributed by atoms with van der Waals surface area (Å²) in [7, 11) is -3.46. The number of thioether (sulfide) groups is 1. The van der Waals surface area contributed by atoms with Crippen molar-refractivity contribution in [3.05, 3.63) is 51.9 Å². The van der Waals surface area contributed by atoms with Gasteiger partial charge in [-0.3, -0.25) is 14.2 Å². The summed E-state index contributed by atoms with van der Waals surface area (Å²) in [5.41, 5.74) is 1.22. The van der Waals surface area contributed by atoms with Gasteiger partial charge in [0.2, 0.25) is 5.91 Å². The van der Waals surface area contributed by atoms with Gasteiger partial charge in [0.1, 0.15) is 0 Å². The van der Waals surface area contributed by atoms with Crippen LogP contribution in [0.1, 0.15) is 30.1 Å². The smallest absolute Gasteiger partial charge is 0.257 e. The molecule has 154 valence electrons. The highest BCUT2D eigenvalue weighted by atomic mass is 32.2. The molecule has 0 radical (unpaired) electrons. The second kappa shape index (κ2) is 7.60. The minimum absolute atomic E-state index is 0.0961. The maximum Gasteiger partial charge on any atom is 0.257 e. The van der Waals surface area contributed by atoms with E-state index in [0.29, 0.717) is 40.0 Å². The minimum Gasteiger partial charge on any atom is -0.341 e. The van der Waals surface area contributed by atoms with Crippen molar-refractivity contribution >= 4 is 27.5 Å². The molecule has 1 aromatic carbocycles. The fourth-order valence-electron chi connectivity index (χ4n) is 3.86. The van der Waals surface area contributed by atoms with Gasteiger partial charge < -0.3 is 4.90 Å². The first kappa shape index (κ1) is 20.2. The van der Waals surface area contributed by atoms with E-state index in [4.69, 9.17) is 0 Å². The first-order valence-corrected chi connectivity index (χ1v) is 12.1. The van der Waals surface area contributed by atoms with Gasteiger partial charge in [-0.05, 0) is 32.4 Å². The molecule has 2 unspecified atom stereocenters. The molecule has 0 N–H and O–H groups in total. The summed E-state index contributed by atoms with van der Waals surface area (Å²) in [4.78, 5) is 31.9. The molecule has 2 aliphatic rings. The third kappa shape index (κ3) is 3.61. The molecule has 0 bridgehead atoms. The van der Waals surface area contributed by atoms with Gasteiger partial charge in [-0.2, -0.15) is 0 Å². The van der Waals surface area contributed by atoms with Gasteiger partial charge >= 0.3 is 0 Å². The lowest BCUT2D eigenvalue weighted by atomic mass is 10.2. The molecule has 1 fully saturated rings. The van der Waals surface area contributed by atoms with E-state index in [9.17, 15) is 18.0 Å². The molecule has 29 heavy (non-hydrogen) atoms. The molecular weight excluding hydrogens is 410 g/mol. The van der Waals surface area contributed by atoms with Crippen molar-refractivity contribution in [2.24, 2.45) is 0 Å². The molecular formula is C20H23N3O4S2. The maximum atomic E-state index is 12.9. The van der Waals surface area contributed by atoms with E-state index >= 15 is 0 Å². The van der Waals surface area contributed by atoms with Crippen LogP contribution >= 0.6 is 11.8 Å². The van der Waals surface area contributed by atoms with Crippen molar-refractivity contribution in [1.82, 2.24) is 14.5 Å². The molecule has 0 aliphatic carbocycles. The van der Waals surface area contributed by atoms with E-state index in [2.05, 4.69) is 4.98 Å². The predicted octanol–water partition coefficient (Wildman–Crippen LogP) is 1.97. The van der Waals surface area contributed by atoms with Crippen LogP contribution in [0.3, 0.4) is 0 Å². The number of fused-ring (bicyclic) bond motifs is 1. The van der Waals surface area contributed by atoms with Crippen LogP contribution in [0.2, 0.25) is 0 Å². The van der Waals surface area contributed by atoms with Crippen LogP contribution in [0.15, 0.2) is 45.2 Å². The monoisotopic (exact) mass is 433 g/mol. The highest BCUT2D eigenvalue weighted by molar-refractivity contribution is 7.99. The third-order valence-electron chi connectivity index (χ3n) is 5.74. The Labute approximate surface area is 174 Å². The second-order valence-corrected chi connectivity index (χ2v) is 10.8. The van der Waals surface area contributed by atoms with Gasteiger partial charge in [-0.25, -0.2) is 13.4 Å². The molecule has 1 amide bonds. The van der Waals surface area contributed by atoms with Crippen LogP contribution in [0.5, 0.6) is 0 Å². The van der Waals surface area contributed by atoms with Gasteiger partial charge in [-0.1, -0.05) is 30.0 Å². The maximum absolute atomic E-state index is 12.9. The molecule has 1 saturated heterocycles. The molecule has 0 spiro atoms. The van der Waals surface area contributed by atoms with Crippen molar-refractivity contribution in [3.8, 4) is 0 Å². The van der Waals surface area contributed by atoms with E-state index in [1.165, 1.54) is 11.8 Å². The normalized spacial score (nSPS) is 21.4. The van der Waals surface area contributed by atoms with Gasteiger partial charge in [0, 0.05) is 36.5 Å². The predicted molar refractivity (Wildman–Crippen MR) is 111 cm³/mol. The summed E-state index contributed by atoms with van der Waals surface area (Å²) in [5.74, 6) is 0.510. The van der Waals surface area contributed by atoms with Crippen molar-refractivity contribution in [3.63, 3.8) is 0 Å². The highest BCUT2D eigenvalue weighted by Crippen LogP contribution is 2.33. The van der Waals surface area contributed by atoms with Crippen LogP contribution in [0.4, 0.5) is 0 Å². The Bertz CT molecular complexity index is 1110. The number of likely N-dealkylation sites (tertiary alicyclic amines) is 1. The summed E-state index contributed by atoms with van der Waals surface area (Å²) in [6, 6.07) is 8.13. The zero-order chi connectivity index (χ0) is 20.8. The Hall–Kier alpha value is -2.13. The number of sulfone groups is 1. The van der Waals surface area contributed by atoms with Crippen LogP contribution in [-0.4, -0.2) is 52.9 Å². The number of amides is 1.